The number of aryl methyl sites for hydroxylation is 1. The number of likely N-dealkylation sites (tertiary alicyclic amines) is 1. The van der Waals surface area contributed by atoms with Crippen LogP contribution in [0.15, 0.2) is 42.5 Å². The Bertz CT molecular complexity index is 776. The highest BCUT2D eigenvalue weighted by atomic mass is 35.5. The quantitative estimate of drug-likeness (QED) is 0.614. The van der Waals surface area contributed by atoms with Crippen LogP contribution in [0.25, 0.3) is 0 Å². The average Bonchev–Trinajstić information content (AvgIpc) is 3.18. The zero-order valence-corrected chi connectivity index (χ0v) is 16.7. The summed E-state index contributed by atoms with van der Waals surface area (Å²) >= 11 is 6.02. The molecule has 4 nitrogen and oxygen atoms in total. The van der Waals surface area contributed by atoms with E-state index in [0.29, 0.717) is 19.4 Å². The second kappa shape index (κ2) is 9.14. The summed E-state index contributed by atoms with van der Waals surface area (Å²) in [5.74, 6) is 1.83. The molecule has 1 heterocycles. The number of ether oxygens (including phenoxy) is 2. The molecule has 2 aromatic carbocycles. The lowest BCUT2D eigenvalue weighted by atomic mass is 10.0. The molecule has 1 atom stereocenters. The molecule has 0 aromatic heterocycles. The minimum atomic E-state index is 0.170. The molecule has 27 heavy (non-hydrogen) atoms. The number of amides is 1. The summed E-state index contributed by atoms with van der Waals surface area (Å²) < 4.78 is 11.0. The van der Waals surface area contributed by atoms with E-state index in [1.54, 1.807) is 7.11 Å². The van der Waals surface area contributed by atoms with E-state index in [-0.39, 0.29) is 11.9 Å². The van der Waals surface area contributed by atoms with Crippen molar-refractivity contribution in [1.82, 2.24) is 4.90 Å². The van der Waals surface area contributed by atoms with Crippen LogP contribution < -0.4 is 9.47 Å². The fourth-order valence-corrected chi connectivity index (χ4v) is 3.62. The smallest absolute Gasteiger partial charge is 0.223 e. The van der Waals surface area contributed by atoms with Gasteiger partial charge in [0.1, 0.15) is 11.5 Å². The highest BCUT2D eigenvalue weighted by Gasteiger charge is 2.29. The number of benzene rings is 2. The van der Waals surface area contributed by atoms with Crippen molar-refractivity contribution in [3.05, 3.63) is 58.6 Å². The number of hydrogen-bond donors (Lipinski definition) is 0. The summed E-state index contributed by atoms with van der Waals surface area (Å²) in [6.07, 6.45) is 3.26. The lowest BCUT2D eigenvalue weighted by Gasteiger charge is -2.25. The predicted octanol–water partition coefficient (Wildman–Crippen LogP) is 5.18. The van der Waals surface area contributed by atoms with E-state index in [9.17, 15) is 4.79 Å². The van der Waals surface area contributed by atoms with Crippen LogP contribution in [0.3, 0.4) is 0 Å². The third kappa shape index (κ3) is 4.95. The van der Waals surface area contributed by atoms with Crippen LogP contribution in [0, 0.1) is 6.92 Å². The molecule has 0 bridgehead atoms. The second-order valence-electron chi connectivity index (χ2n) is 6.88. The number of rotatable bonds is 7. The molecule has 1 fully saturated rings. The van der Waals surface area contributed by atoms with Crippen LogP contribution in [0.1, 0.15) is 42.9 Å². The van der Waals surface area contributed by atoms with Crippen molar-refractivity contribution in [2.45, 2.75) is 38.6 Å². The van der Waals surface area contributed by atoms with Gasteiger partial charge >= 0.3 is 0 Å². The number of hydrogen-bond acceptors (Lipinski definition) is 3. The number of halogens is 1. The van der Waals surface area contributed by atoms with Gasteiger partial charge in [-0.15, -0.1) is 0 Å². The van der Waals surface area contributed by atoms with Gasteiger partial charge in [0, 0.05) is 18.0 Å². The average molecular weight is 388 g/mol. The summed E-state index contributed by atoms with van der Waals surface area (Å²) in [7, 11) is 1.66. The molecule has 0 saturated carbocycles. The van der Waals surface area contributed by atoms with Gasteiger partial charge in [-0.25, -0.2) is 0 Å². The molecule has 0 aliphatic carbocycles. The van der Waals surface area contributed by atoms with Crippen LogP contribution in [-0.2, 0) is 4.79 Å². The van der Waals surface area contributed by atoms with Gasteiger partial charge in [-0.05, 0) is 67.6 Å². The first kappa shape index (κ1) is 19.6. The van der Waals surface area contributed by atoms with E-state index < -0.39 is 0 Å². The molecular weight excluding hydrogens is 362 g/mol. The topological polar surface area (TPSA) is 38.8 Å². The summed E-state index contributed by atoms with van der Waals surface area (Å²) in [5.41, 5.74) is 2.17. The van der Waals surface area contributed by atoms with Crippen molar-refractivity contribution >= 4 is 17.5 Å². The predicted molar refractivity (Wildman–Crippen MR) is 108 cm³/mol. The molecule has 1 amide bonds. The molecule has 0 radical (unpaired) electrons. The van der Waals surface area contributed by atoms with Gasteiger partial charge in [0.15, 0.2) is 0 Å². The van der Waals surface area contributed by atoms with Crippen LogP contribution in [0.5, 0.6) is 11.5 Å². The molecule has 2 aromatic rings. The summed E-state index contributed by atoms with van der Waals surface area (Å²) in [6, 6.07) is 13.8. The Morgan fingerprint density at radius 3 is 2.63 bits per heavy atom. The van der Waals surface area contributed by atoms with Gasteiger partial charge < -0.3 is 14.4 Å². The van der Waals surface area contributed by atoms with Crippen LogP contribution in [0.2, 0.25) is 5.02 Å². The van der Waals surface area contributed by atoms with Gasteiger partial charge in [-0.3, -0.25) is 4.79 Å². The molecule has 1 aliphatic heterocycles. The normalized spacial score (nSPS) is 16.4. The first-order valence-electron chi connectivity index (χ1n) is 9.41. The van der Waals surface area contributed by atoms with E-state index >= 15 is 0 Å². The van der Waals surface area contributed by atoms with E-state index in [0.717, 1.165) is 41.5 Å². The molecule has 1 unspecified atom stereocenters. The first-order valence-corrected chi connectivity index (χ1v) is 9.78. The Labute approximate surface area is 166 Å². The zero-order valence-electron chi connectivity index (χ0n) is 15.9. The van der Waals surface area contributed by atoms with Crippen LogP contribution in [0.4, 0.5) is 0 Å². The number of carbonyl (C=O) groups excluding carboxylic acids is 1. The monoisotopic (exact) mass is 387 g/mol. The van der Waals surface area contributed by atoms with Crippen molar-refractivity contribution in [1.29, 1.82) is 0 Å². The van der Waals surface area contributed by atoms with Crippen LogP contribution >= 0.6 is 11.6 Å². The van der Waals surface area contributed by atoms with Gasteiger partial charge in [0.2, 0.25) is 5.91 Å². The fourth-order valence-electron chi connectivity index (χ4n) is 3.50. The van der Waals surface area contributed by atoms with Crippen LogP contribution in [-0.4, -0.2) is 31.1 Å². The second-order valence-corrected chi connectivity index (χ2v) is 7.29. The number of methoxy groups -OCH3 is 1. The maximum Gasteiger partial charge on any atom is 0.223 e. The summed E-state index contributed by atoms with van der Waals surface area (Å²) in [6.45, 7) is 3.30. The molecular formula is C22H26ClNO3. The Kier molecular flexibility index (Phi) is 6.62. The highest BCUT2D eigenvalue weighted by molar-refractivity contribution is 6.31. The first-order chi connectivity index (χ1) is 13.1. The number of nitrogens with zero attached hydrogens (tertiary/aromatic N) is 1. The van der Waals surface area contributed by atoms with E-state index in [1.807, 2.05) is 42.2 Å². The maximum absolute atomic E-state index is 12.7. The number of carbonyl (C=O) groups is 1. The minimum absolute atomic E-state index is 0.170. The Balaban J connectivity index is 1.49. The third-order valence-corrected chi connectivity index (χ3v) is 5.43. The van der Waals surface area contributed by atoms with Gasteiger partial charge in [0.05, 0.1) is 19.8 Å². The van der Waals surface area contributed by atoms with E-state index in [2.05, 4.69) is 12.1 Å². The Morgan fingerprint density at radius 2 is 1.93 bits per heavy atom. The Hall–Kier alpha value is -2.20. The SMILES string of the molecule is COc1ccc(C2CCCN2C(=O)CCCOc2ccc(Cl)c(C)c2)cc1. The van der Waals surface area contributed by atoms with Crippen molar-refractivity contribution in [2.24, 2.45) is 0 Å². The molecule has 0 N–H and O–H groups in total. The lowest BCUT2D eigenvalue weighted by molar-refractivity contribution is -0.132. The summed E-state index contributed by atoms with van der Waals surface area (Å²) in [4.78, 5) is 14.7. The molecule has 144 valence electrons. The Morgan fingerprint density at radius 1 is 1.19 bits per heavy atom. The van der Waals surface area contributed by atoms with Crippen molar-refractivity contribution < 1.29 is 14.3 Å². The zero-order chi connectivity index (χ0) is 19.2. The molecule has 3 rings (SSSR count). The molecule has 0 spiro atoms. The van der Waals surface area contributed by atoms with Gasteiger partial charge in [-0.1, -0.05) is 23.7 Å². The highest BCUT2D eigenvalue weighted by Crippen LogP contribution is 2.33. The van der Waals surface area contributed by atoms with Crippen molar-refractivity contribution in [3.8, 4) is 11.5 Å². The summed E-state index contributed by atoms with van der Waals surface area (Å²) in [5, 5.41) is 0.733. The minimum Gasteiger partial charge on any atom is -0.497 e. The van der Waals surface area contributed by atoms with Crippen molar-refractivity contribution in [2.75, 3.05) is 20.3 Å². The molecule has 1 saturated heterocycles. The maximum atomic E-state index is 12.7. The van der Waals surface area contributed by atoms with Gasteiger partial charge in [-0.2, -0.15) is 0 Å². The molecule has 1 aliphatic rings. The lowest BCUT2D eigenvalue weighted by Crippen LogP contribution is -2.30. The fraction of sp³-hybridized carbons (Fsp3) is 0.409. The van der Waals surface area contributed by atoms with E-state index in [4.69, 9.17) is 21.1 Å². The molecule has 5 heteroatoms. The largest absolute Gasteiger partial charge is 0.497 e. The standard InChI is InChI=1S/C22H26ClNO3/c1-16-15-19(11-12-20(16)23)27-14-4-6-22(25)24-13-3-5-21(24)17-7-9-18(26-2)10-8-17/h7-12,15,21H,3-6,13-14H2,1-2H3. The van der Waals surface area contributed by atoms with Crippen molar-refractivity contribution in [3.63, 3.8) is 0 Å². The third-order valence-electron chi connectivity index (χ3n) is 5.01. The van der Waals surface area contributed by atoms with Gasteiger partial charge in [0.25, 0.3) is 0 Å². The van der Waals surface area contributed by atoms with E-state index in [1.165, 1.54) is 5.56 Å².